The van der Waals surface area contributed by atoms with E-state index in [0.717, 1.165) is 18.2 Å². The van der Waals surface area contributed by atoms with Crippen LogP contribution in [0.15, 0.2) is 36.4 Å². The van der Waals surface area contributed by atoms with E-state index in [0.29, 0.717) is 3.57 Å². The smallest absolute Gasteiger partial charge is 0.339 e. The highest BCUT2D eigenvalue weighted by Crippen LogP contribution is 2.34. The average Bonchev–Trinajstić information content (AvgIpc) is 2.42. The number of carboxylic acids is 1. The molecule has 8 heteroatoms. The van der Waals surface area contributed by atoms with Crippen LogP contribution in [0, 0.1) is 19.5 Å². The molecule has 21 heavy (non-hydrogen) atoms. The van der Waals surface area contributed by atoms with E-state index in [-0.39, 0.29) is 17.2 Å². The van der Waals surface area contributed by atoms with Crippen LogP contribution in [0.2, 0.25) is 0 Å². The molecule has 0 spiro atoms. The minimum Gasteiger partial charge on any atom is -0.478 e. The van der Waals surface area contributed by atoms with Crippen LogP contribution in [-0.2, 0) is 0 Å². The zero-order chi connectivity index (χ0) is 15.6. The lowest BCUT2D eigenvalue weighted by Crippen LogP contribution is -2.02. The maximum atomic E-state index is 13.1. The molecule has 1 N–H and O–H groups in total. The molecule has 0 amide bonds. The Kier molecular flexibility index (Phi) is 4.36. The molecule has 0 unspecified atom stereocenters. The molecule has 0 fully saturated rings. The van der Waals surface area contributed by atoms with Gasteiger partial charge in [0.05, 0.1) is 4.92 Å². The van der Waals surface area contributed by atoms with E-state index >= 15 is 0 Å². The minimum absolute atomic E-state index is 0.116. The van der Waals surface area contributed by atoms with Crippen molar-refractivity contribution in [2.75, 3.05) is 0 Å². The van der Waals surface area contributed by atoms with Crippen LogP contribution in [-0.4, -0.2) is 16.0 Å². The van der Waals surface area contributed by atoms with Gasteiger partial charge in [-0.2, -0.15) is 0 Å². The Morgan fingerprint density at radius 2 is 1.90 bits per heavy atom. The first-order valence-corrected chi connectivity index (χ1v) is 6.61. The Labute approximate surface area is 131 Å². The number of rotatable bonds is 4. The van der Waals surface area contributed by atoms with E-state index in [1.807, 2.05) is 22.6 Å². The van der Waals surface area contributed by atoms with Crippen molar-refractivity contribution < 1.29 is 24.0 Å². The Morgan fingerprint density at radius 1 is 1.24 bits per heavy atom. The number of hydrogen-bond donors (Lipinski definition) is 1. The Morgan fingerprint density at radius 3 is 2.52 bits per heavy atom. The second-order valence-corrected chi connectivity index (χ2v) is 5.16. The van der Waals surface area contributed by atoms with Gasteiger partial charge in [-0.3, -0.25) is 10.1 Å². The molecular formula is C13H7FINO5. The van der Waals surface area contributed by atoms with Gasteiger partial charge in [-0.1, -0.05) is 0 Å². The highest BCUT2D eigenvalue weighted by Gasteiger charge is 2.19. The van der Waals surface area contributed by atoms with E-state index in [1.165, 1.54) is 12.1 Å². The number of aromatic carboxylic acids is 1. The Bertz CT molecular complexity index is 673. The number of halogens is 2. The number of nitro benzene ring substituents is 1. The molecule has 2 aromatic carbocycles. The predicted octanol–water partition coefficient (Wildman–Crippen LogP) is 3.83. The first-order valence-electron chi connectivity index (χ1n) is 5.53. The lowest BCUT2D eigenvalue weighted by molar-refractivity contribution is -0.385. The van der Waals surface area contributed by atoms with Crippen molar-refractivity contribution in [3.8, 4) is 11.5 Å². The van der Waals surface area contributed by atoms with Gasteiger partial charge < -0.3 is 9.84 Å². The largest absolute Gasteiger partial charge is 0.478 e. The predicted molar refractivity (Wildman–Crippen MR) is 79.2 cm³/mol. The zero-order valence-electron chi connectivity index (χ0n) is 10.2. The maximum Gasteiger partial charge on any atom is 0.339 e. The summed E-state index contributed by atoms with van der Waals surface area (Å²) in [7, 11) is 0. The summed E-state index contributed by atoms with van der Waals surface area (Å²) in [5.74, 6) is -2.42. The van der Waals surface area contributed by atoms with Gasteiger partial charge in [0.2, 0.25) is 5.75 Å². The third-order valence-electron chi connectivity index (χ3n) is 2.51. The molecule has 6 nitrogen and oxygen atoms in total. The average molecular weight is 403 g/mol. The molecular weight excluding hydrogens is 396 g/mol. The zero-order valence-corrected chi connectivity index (χ0v) is 12.4. The van der Waals surface area contributed by atoms with Gasteiger partial charge in [-0.15, -0.1) is 0 Å². The summed E-state index contributed by atoms with van der Waals surface area (Å²) in [4.78, 5) is 21.4. The van der Waals surface area contributed by atoms with E-state index < -0.39 is 22.3 Å². The first-order chi connectivity index (χ1) is 9.88. The third kappa shape index (κ3) is 3.45. The summed E-state index contributed by atoms with van der Waals surface area (Å²) in [5, 5.41) is 20.0. The molecule has 0 aliphatic rings. The van der Waals surface area contributed by atoms with Crippen molar-refractivity contribution in [1.29, 1.82) is 0 Å². The van der Waals surface area contributed by atoms with E-state index in [4.69, 9.17) is 9.84 Å². The molecule has 0 aliphatic heterocycles. The first kappa shape index (κ1) is 15.2. The highest BCUT2D eigenvalue weighted by atomic mass is 127. The monoisotopic (exact) mass is 403 g/mol. The van der Waals surface area contributed by atoms with Gasteiger partial charge in [0.1, 0.15) is 17.1 Å². The lowest BCUT2D eigenvalue weighted by Gasteiger charge is -2.09. The molecule has 2 rings (SSSR count). The molecule has 0 saturated carbocycles. The molecule has 0 aliphatic carbocycles. The number of benzene rings is 2. The minimum atomic E-state index is -1.39. The summed E-state index contributed by atoms with van der Waals surface area (Å²) >= 11 is 1.90. The molecule has 2 aromatic rings. The van der Waals surface area contributed by atoms with Crippen molar-refractivity contribution in [1.82, 2.24) is 0 Å². The van der Waals surface area contributed by atoms with Crippen LogP contribution in [0.3, 0.4) is 0 Å². The van der Waals surface area contributed by atoms with Crippen molar-refractivity contribution in [3.63, 3.8) is 0 Å². The molecule has 108 valence electrons. The lowest BCUT2D eigenvalue weighted by atomic mass is 10.2. The van der Waals surface area contributed by atoms with Crippen LogP contribution in [0.25, 0.3) is 0 Å². The standard InChI is InChI=1S/C13H7FINO5/c14-7-1-3-11(9(5-7)13(17)18)21-12-4-2-8(15)6-10(12)16(19)20/h1-6H,(H,17,18). The van der Waals surface area contributed by atoms with Crippen molar-refractivity contribution >= 4 is 34.2 Å². The van der Waals surface area contributed by atoms with Gasteiger partial charge in [0, 0.05) is 9.64 Å². The van der Waals surface area contributed by atoms with Crippen molar-refractivity contribution in [3.05, 3.63) is 61.5 Å². The summed E-state index contributed by atoms with van der Waals surface area (Å²) in [6.45, 7) is 0. The Hall–Kier alpha value is -2.23. The fraction of sp³-hybridized carbons (Fsp3) is 0. The third-order valence-corrected chi connectivity index (χ3v) is 3.18. The second-order valence-electron chi connectivity index (χ2n) is 3.92. The van der Waals surface area contributed by atoms with Crippen molar-refractivity contribution in [2.45, 2.75) is 0 Å². The summed E-state index contributed by atoms with van der Waals surface area (Å²) < 4.78 is 19.0. The molecule has 0 heterocycles. The number of carbonyl (C=O) groups is 1. The molecule has 0 radical (unpaired) electrons. The van der Waals surface area contributed by atoms with Crippen LogP contribution < -0.4 is 4.74 Å². The normalized spacial score (nSPS) is 10.2. The summed E-state index contributed by atoms with van der Waals surface area (Å²) in [6, 6.07) is 7.14. The summed E-state index contributed by atoms with van der Waals surface area (Å²) in [6.07, 6.45) is 0. The SMILES string of the molecule is O=C(O)c1cc(F)ccc1Oc1ccc(I)cc1[N+](=O)[O-]. The van der Waals surface area contributed by atoms with E-state index in [2.05, 4.69) is 0 Å². The highest BCUT2D eigenvalue weighted by molar-refractivity contribution is 14.1. The molecule has 0 atom stereocenters. The topological polar surface area (TPSA) is 89.7 Å². The Balaban J connectivity index is 2.48. The quantitative estimate of drug-likeness (QED) is 0.476. The van der Waals surface area contributed by atoms with Gasteiger partial charge in [-0.25, -0.2) is 9.18 Å². The van der Waals surface area contributed by atoms with Crippen LogP contribution in [0.5, 0.6) is 11.5 Å². The number of carboxylic acid groups (broad SMARTS) is 1. The van der Waals surface area contributed by atoms with E-state index in [9.17, 15) is 19.3 Å². The van der Waals surface area contributed by atoms with E-state index in [1.54, 1.807) is 6.07 Å². The van der Waals surface area contributed by atoms with Gasteiger partial charge in [0.15, 0.2) is 0 Å². The number of hydrogen-bond acceptors (Lipinski definition) is 4. The number of nitro groups is 1. The number of ether oxygens (including phenoxy) is 1. The fourth-order valence-electron chi connectivity index (χ4n) is 1.60. The molecule has 0 aromatic heterocycles. The van der Waals surface area contributed by atoms with Gasteiger partial charge in [-0.05, 0) is 52.9 Å². The van der Waals surface area contributed by atoms with Gasteiger partial charge >= 0.3 is 11.7 Å². The fourth-order valence-corrected chi connectivity index (χ4v) is 2.07. The van der Waals surface area contributed by atoms with Gasteiger partial charge in [0.25, 0.3) is 0 Å². The summed E-state index contributed by atoms with van der Waals surface area (Å²) in [5.41, 5.74) is -0.717. The van der Waals surface area contributed by atoms with Crippen molar-refractivity contribution in [2.24, 2.45) is 0 Å². The van der Waals surface area contributed by atoms with Crippen LogP contribution in [0.1, 0.15) is 10.4 Å². The molecule has 0 bridgehead atoms. The maximum absolute atomic E-state index is 13.1. The second kappa shape index (κ2) is 6.04. The van der Waals surface area contributed by atoms with Crippen LogP contribution >= 0.6 is 22.6 Å². The van der Waals surface area contributed by atoms with Crippen LogP contribution in [0.4, 0.5) is 10.1 Å². The molecule has 0 saturated heterocycles. The number of nitrogens with zero attached hydrogens (tertiary/aromatic N) is 1.